The molecule has 10 nitrogen and oxygen atoms in total. The number of rotatable bonds is 6. The Balaban J connectivity index is 1.13. The number of hydrogen-bond donors (Lipinski definition) is 2. The highest BCUT2D eigenvalue weighted by atomic mass is 16.2. The molecule has 2 aliphatic rings. The van der Waals surface area contributed by atoms with Gasteiger partial charge >= 0.3 is 0 Å². The molecule has 2 aliphatic heterocycles. The van der Waals surface area contributed by atoms with Crippen LogP contribution in [0.2, 0.25) is 0 Å². The minimum absolute atomic E-state index is 0.161. The lowest BCUT2D eigenvalue weighted by Crippen LogP contribution is -2.53. The van der Waals surface area contributed by atoms with Crippen LogP contribution in [0.3, 0.4) is 0 Å². The number of piperidine rings is 1. The highest BCUT2D eigenvalue weighted by molar-refractivity contribution is 5.94. The summed E-state index contributed by atoms with van der Waals surface area (Å²) >= 11 is 0. The molecule has 6 rings (SSSR count). The Kier molecular flexibility index (Phi) is 6.73. The van der Waals surface area contributed by atoms with Crippen molar-refractivity contribution in [1.29, 1.82) is 0 Å². The Morgan fingerprint density at radius 2 is 1.92 bits per heavy atom. The summed E-state index contributed by atoms with van der Waals surface area (Å²) in [5.74, 6) is 1.64. The van der Waals surface area contributed by atoms with E-state index in [-0.39, 0.29) is 5.91 Å². The maximum atomic E-state index is 12.9. The SMILES string of the molecule is CC(C)c1cnn2ccc(-c3ccnc(Nc4ccc(N5CCC(N6CCNCC6)CC5=O)cn4)n3)cc12. The predicted octanol–water partition coefficient (Wildman–Crippen LogP) is 3.45. The first kappa shape index (κ1) is 24.4. The number of carbonyl (C=O) groups is 1. The average molecular weight is 512 g/mol. The Bertz CT molecular complexity index is 1430. The smallest absolute Gasteiger partial charge is 0.228 e. The van der Waals surface area contributed by atoms with Crippen LogP contribution < -0.4 is 15.5 Å². The molecule has 0 aromatic carbocycles. The maximum absolute atomic E-state index is 12.9. The Morgan fingerprint density at radius 1 is 1.05 bits per heavy atom. The van der Waals surface area contributed by atoms with Crippen LogP contribution in [-0.2, 0) is 4.79 Å². The highest BCUT2D eigenvalue weighted by Crippen LogP contribution is 2.27. The van der Waals surface area contributed by atoms with Gasteiger partial charge in [0.15, 0.2) is 0 Å². The third-order valence-electron chi connectivity index (χ3n) is 7.49. The summed E-state index contributed by atoms with van der Waals surface area (Å²) in [7, 11) is 0. The molecular formula is C28H33N9O. The van der Waals surface area contributed by atoms with Gasteiger partial charge in [-0.3, -0.25) is 9.69 Å². The summed E-state index contributed by atoms with van der Waals surface area (Å²) < 4.78 is 1.89. The molecular weight excluding hydrogens is 478 g/mol. The molecule has 0 saturated carbocycles. The van der Waals surface area contributed by atoms with Gasteiger partial charge in [0.2, 0.25) is 11.9 Å². The minimum Gasteiger partial charge on any atom is -0.314 e. The highest BCUT2D eigenvalue weighted by Gasteiger charge is 2.31. The summed E-state index contributed by atoms with van der Waals surface area (Å²) in [5, 5.41) is 11.0. The van der Waals surface area contributed by atoms with Crippen LogP contribution in [0.1, 0.15) is 38.2 Å². The molecule has 2 fully saturated rings. The molecule has 0 radical (unpaired) electrons. The lowest BCUT2D eigenvalue weighted by Gasteiger charge is -2.39. The fourth-order valence-electron chi connectivity index (χ4n) is 5.37. The van der Waals surface area contributed by atoms with Gasteiger partial charge in [-0.25, -0.2) is 19.5 Å². The fourth-order valence-corrected chi connectivity index (χ4v) is 5.37. The largest absolute Gasteiger partial charge is 0.314 e. The predicted molar refractivity (Wildman–Crippen MR) is 148 cm³/mol. The number of fused-ring (bicyclic) bond motifs is 1. The lowest BCUT2D eigenvalue weighted by molar-refractivity contribution is -0.121. The molecule has 1 amide bonds. The fraction of sp³-hybridized carbons (Fsp3) is 0.393. The van der Waals surface area contributed by atoms with Crippen molar-refractivity contribution < 1.29 is 4.79 Å². The summed E-state index contributed by atoms with van der Waals surface area (Å²) in [6, 6.07) is 10.2. The molecule has 0 spiro atoms. The van der Waals surface area contributed by atoms with E-state index in [9.17, 15) is 4.79 Å². The van der Waals surface area contributed by atoms with E-state index < -0.39 is 0 Å². The van der Waals surface area contributed by atoms with Gasteiger partial charge < -0.3 is 15.5 Å². The van der Waals surface area contributed by atoms with Crippen LogP contribution in [0.25, 0.3) is 16.8 Å². The topological polar surface area (TPSA) is 104 Å². The molecule has 196 valence electrons. The summed E-state index contributed by atoms with van der Waals surface area (Å²) in [5.41, 5.74) is 4.92. The summed E-state index contributed by atoms with van der Waals surface area (Å²) in [6.07, 6.45) is 8.91. The van der Waals surface area contributed by atoms with E-state index >= 15 is 0 Å². The molecule has 2 N–H and O–H groups in total. The zero-order valence-electron chi connectivity index (χ0n) is 21.8. The van der Waals surface area contributed by atoms with Crippen molar-refractivity contribution in [2.75, 3.05) is 42.9 Å². The first-order valence-electron chi connectivity index (χ1n) is 13.3. The zero-order chi connectivity index (χ0) is 26.1. The maximum Gasteiger partial charge on any atom is 0.228 e. The van der Waals surface area contributed by atoms with Gasteiger partial charge in [-0.2, -0.15) is 5.10 Å². The molecule has 4 aromatic heterocycles. The van der Waals surface area contributed by atoms with Crippen molar-refractivity contribution in [1.82, 2.24) is 34.8 Å². The quantitative estimate of drug-likeness (QED) is 0.406. The standard InChI is InChI=1S/C28H33N9O/c1-19(2)23-18-32-37-12-6-20(15-25(23)37)24-5-8-30-28(33-24)34-26-4-3-22(17-31-26)36-11-7-21(16-27(36)38)35-13-9-29-10-14-35/h3-6,8,12,15,17-19,21,29H,7,9-11,13-14,16H2,1-2H3,(H,30,31,33,34). The van der Waals surface area contributed by atoms with E-state index in [1.807, 2.05) is 46.1 Å². The van der Waals surface area contributed by atoms with Crippen molar-refractivity contribution in [3.05, 3.63) is 60.7 Å². The molecule has 2 saturated heterocycles. The Morgan fingerprint density at radius 3 is 2.68 bits per heavy atom. The Labute approximate surface area is 222 Å². The van der Waals surface area contributed by atoms with Crippen molar-refractivity contribution in [3.63, 3.8) is 0 Å². The molecule has 38 heavy (non-hydrogen) atoms. The monoisotopic (exact) mass is 511 g/mol. The van der Waals surface area contributed by atoms with Crippen LogP contribution in [0.4, 0.5) is 17.5 Å². The Hall–Kier alpha value is -3.89. The van der Waals surface area contributed by atoms with E-state index in [2.05, 4.69) is 50.5 Å². The number of aromatic nitrogens is 5. The van der Waals surface area contributed by atoms with Crippen molar-refractivity contribution >= 4 is 28.9 Å². The number of nitrogens with one attached hydrogen (secondary N) is 2. The summed E-state index contributed by atoms with van der Waals surface area (Å²) in [6.45, 7) is 9.07. The normalized spacial score (nSPS) is 18.9. The molecule has 0 bridgehead atoms. The van der Waals surface area contributed by atoms with Crippen LogP contribution in [0.5, 0.6) is 0 Å². The molecule has 6 heterocycles. The second kappa shape index (κ2) is 10.5. The molecule has 0 aliphatic carbocycles. The van der Waals surface area contributed by atoms with Crippen molar-refractivity contribution in [2.45, 2.75) is 38.6 Å². The minimum atomic E-state index is 0.161. The number of anilines is 3. The zero-order valence-corrected chi connectivity index (χ0v) is 21.8. The number of nitrogens with zero attached hydrogens (tertiary/aromatic N) is 7. The second-order valence-corrected chi connectivity index (χ2v) is 10.3. The number of amides is 1. The van der Waals surface area contributed by atoms with Crippen LogP contribution in [0.15, 0.2) is 55.1 Å². The first-order valence-corrected chi connectivity index (χ1v) is 13.3. The third-order valence-corrected chi connectivity index (χ3v) is 7.49. The van der Waals surface area contributed by atoms with Gasteiger partial charge in [0, 0.05) is 68.7 Å². The van der Waals surface area contributed by atoms with Gasteiger partial charge in [-0.15, -0.1) is 0 Å². The van der Waals surface area contributed by atoms with Crippen LogP contribution in [0, 0.1) is 0 Å². The van der Waals surface area contributed by atoms with Crippen molar-refractivity contribution in [3.8, 4) is 11.3 Å². The van der Waals surface area contributed by atoms with Gasteiger partial charge in [0.1, 0.15) is 5.82 Å². The average Bonchev–Trinajstić information content (AvgIpc) is 3.38. The lowest BCUT2D eigenvalue weighted by atomic mass is 10.0. The van der Waals surface area contributed by atoms with Crippen LogP contribution >= 0.6 is 0 Å². The molecule has 10 heteroatoms. The second-order valence-electron chi connectivity index (χ2n) is 10.3. The number of piperazine rings is 1. The number of hydrogen-bond acceptors (Lipinski definition) is 8. The summed E-state index contributed by atoms with van der Waals surface area (Å²) in [4.78, 5) is 30.9. The van der Waals surface area contributed by atoms with E-state index in [0.29, 0.717) is 36.7 Å². The van der Waals surface area contributed by atoms with E-state index in [1.165, 1.54) is 5.56 Å². The van der Waals surface area contributed by atoms with Gasteiger partial charge in [0.25, 0.3) is 0 Å². The van der Waals surface area contributed by atoms with Gasteiger partial charge in [0.05, 0.1) is 29.3 Å². The van der Waals surface area contributed by atoms with Crippen LogP contribution in [-0.4, -0.2) is 74.1 Å². The van der Waals surface area contributed by atoms with E-state index in [1.54, 1.807) is 12.4 Å². The number of pyridine rings is 2. The van der Waals surface area contributed by atoms with Crippen molar-refractivity contribution in [2.24, 2.45) is 0 Å². The molecule has 1 unspecified atom stereocenters. The van der Waals surface area contributed by atoms with E-state index in [4.69, 9.17) is 4.98 Å². The molecule has 4 aromatic rings. The first-order chi connectivity index (χ1) is 18.5. The van der Waals surface area contributed by atoms with Gasteiger partial charge in [-0.05, 0) is 42.7 Å². The molecule has 1 atom stereocenters. The third kappa shape index (κ3) is 4.97. The van der Waals surface area contributed by atoms with E-state index in [0.717, 1.165) is 55.1 Å². The van der Waals surface area contributed by atoms with Gasteiger partial charge in [-0.1, -0.05) is 13.8 Å². The number of carbonyl (C=O) groups excluding carboxylic acids is 1.